The molecular formula is C25H34N2O5. The summed E-state index contributed by atoms with van der Waals surface area (Å²) in [5, 5.41) is 31.1. The molecule has 7 rings (SSSR count). The molecule has 9 atom stereocenters. The lowest BCUT2D eigenvalue weighted by Gasteiger charge is -2.53. The van der Waals surface area contributed by atoms with Crippen LogP contribution in [0.2, 0.25) is 0 Å². The molecule has 174 valence electrons. The van der Waals surface area contributed by atoms with Crippen LogP contribution in [0.5, 0.6) is 5.75 Å². The van der Waals surface area contributed by atoms with Crippen molar-refractivity contribution in [2.45, 2.75) is 63.1 Å². The van der Waals surface area contributed by atoms with Crippen LogP contribution in [0.4, 0.5) is 0 Å². The average molecular weight is 443 g/mol. The molecule has 0 amide bonds. The number of piperidine rings is 2. The molecule has 3 saturated heterocycles. The predicted octanol–water partition coefficient (Wildman–Crippen LogP) is 1.99. The Morgan fingerprint density at radius 2 is 2.12 bits per heavy atom. The van der Waals surface area contributed by atoms with Gasteiger partial charge in [-0.3, -0.25) is 4.90 Å². The maximum atomic E-state index is 10.5. The number of aliphatic hydroxyl groups excluding tert-OH is 3. The van der Waals surface area contributed by atoms with E-state index in [2.05, 4.69) is 28.9 Å². The Bertz CT molecular complexity index is 992. The van der Waals surface area contributed by atoms with Gasteiger partial charge in [-0.15, -0.1) is 0 Å². The highest BCUT2D eigenvalue weighted by molar-refractivity contribution is 5.86. The minimum absolute atomic E-state index is 0.0351. The van der Waals surface area contributed by atoms with Crippen molar-refractivity contribution in [2.75, 3.05) is 26.3 Å². The number of nitrogens with one attached hydrogen (secondary N) is 1. The van der Waals surface area contributed by atoms with Gasteiger partial charge in [-0.05, 0) is 54.9 Å². The van der Waals surface area contributed by atoms with Gasteiger partial charge in [0.1, 0.15) is 11.9 Å². The van der Waals surface area contributed by atoms with Gasteiger partial charge in [-0.1, -0.05) is 13.3 Å². The van der Waals surface area contributed by atoms with Gasteiger partial charge in [0, 0.05) is 47.6 Å². The van der Waals surface area contributed by atoms with Crippen LogP contribution < -0.4 is 4.74 Å². The van der Waals surface area contributed by atoms with Gasteiger partial charge < -0.3 is 29.8 Å². The van der Waals surface area contributed by atoms with Crippen LogP contribution in [0.15, 0.2) is 18.2 Å². The van der Waals surface area contributed by atoms with Gasteiger partial charge in [-0.2, -0.15) is 0 Å². The van der Waals surface area contributed by atoms with Gasteiger partial charge in [0.15, 0.2) is 0 Å². The Morgan fingerprint density at radius 1 is 1.25 bits per heavy atom. The summed E-state index contributed by atoms with van der Waals surface area (Å²) in [5.74, 6) is 2.15. The lowest BCUT2D eigenvalue weighted by Crippen LogP contribution is -2.56. The highest BCUT2D eigenvalue weighted by atomic mass is 16.7. The Labute approximate surface area is 188 Å². The van der Waals surface area contributed by atoms with Crippen LogP contribution in [0, 0.1) is 17.8 Å². The monoisotopic (exact) mass is 442 g/mol. The average Bonchev–Trinajstić information content (AvgIpc) is 3.12. The van der Waals surface area contributed by atoms with E-state index in [0.29, 0.717) is 17.7 Å². The fourth-order valence-electron chi connectivity index (χ4n) is 7.06. The second-order valence-corrected chi connectivity index (χ2v) is 10.3. The van der Waals surface area contributed by atoms with Gasteiger partial charge in [-0.25, -0.2) is 0 Å². The molecule has 4 fully saturated rings. The third kappa shape index (κ3) is 3.21. The maximum Gasteiger partial charge on any atom is 0.226 e. The summed E-state index contributed by atoms with van der Waals surface area (Å²) < 4.78 is 11.5. The number of aliphatic hydroxyl groups is 3. The molecule has 1 aliphatic carbocycles. The van der Waals surface area contributed by atoms with Gasteiger partial charge in [0.05, 0.1) is 19.3 Å². The molecule has 9 unspecified atom stereocenters. The van der Waals surface area contributed by atoms with Crippen molar-refractivity contribution >= 4 is 10.9 Å². The molecule has 7 nitrogen and oxygen atoms in total. The van der Waals surface area contributed by atoms with Crippen molar-refractivity contribution in [1.82, 2.24) is 9.88 Å². The van der Waals surface area contributed by atoms with Crippen molar-refractivity contribution in [1.29, 1.82) is 0 Å². The zero-order valence-electron chi connectivity index (χ0n) is 18.6. The molecule has 4 bridgehead atoms. The number of hydrogen-bond acceptors (Lipinski definition) is 6. The molecule has 1 saturated carbocycles. The molecule has 5 heterocycles. The van der Waals surface area contributed by atoms with Crippen LogP contribution >= 0.6 is 0 Å². The van der Waals surface area contributed by atoms with Gasteiger partial charge in [0.2, 0.25) is 6.29 Å². The summed E-state index contributed by atoms with van der Waals surface area (Å²) in [6.45, 7) is 4.43. The number of ether oxygens (including phenoxy) is 2. The number of fused-ring (bicyclic) bond motifs is 4. The van der Waals surface area contributed by atoms with Crippen molar-refractivity contribution < 1.29 is 24.8 Å². The summed E-state index contributed by atoms with van der Waals surface area (Å²) in [6.07, 6.45) is 2.08. The molecule has 1 aromatic heterocycles. The van der Waals surface area contributed by atoms with E-state index in [1.54, 1.807) is 0 Å². The van der Waals surface area contributed by atoms with Crippen LogP contribution in [-0.4, -0.2) is 76.0 Å². The number of hydrogen-bond donors (Lipinski definition) is 4. The minimum atomic E-state index is -1.09. The molecule has 7 heteroatoms. The van der Waals surface area contributed by atoms with Gasteiger partial charge in [0.25, 0.3) is 0 Å². The molecule has 32 heavy (non-hydrogen) atoms. The first-order chi connectivity index (χ1) is 15.6. The second kappa shape index (κ2) is 7.99. The highest BCUT2D eigenvalue weighted by Crippen LogP contribution is 2.51. The van der Waals surface area contributed by atoms with E-state index >= 15 is 0 Å². The number of benzene rings is 1. The zero-order valence-corrected chi connectivity index (χ0v) is 18.6. The fraction of sp³-hybridized carbons (Fsp3) is 0.680. The Morgan fingerprint density at radius 3 is 2.94 bits per heavy atom. The first-order valence-corrected chi connectivity index (χ1v) is 12.2. The normalized spacial score (nSPS) is 40.8. The molecule has 0 radical (unpaired) electrons. The Balaban J connectivity index is 1.31. The van der Waals surface area contributed by atoms with E-state index in [1.165, 1.54) is 42.5 Å². The second-order valence-electron chi connectivity index (χ2n) is 10.3. The lowest BCUT2D eigenvalue weighted by atomic mass is 9.65. The van der Waals surface area contributed by atoms with Crippen LogP contribution in [0.25, 0.3) is 10.9 Å². The minimum Gasteiger partial charge on any atom is -0.462 e. The topological polar surface area (TPSA) is 98.2 Å². The van der Waals surface area contributed by atoms with Crippen LogP contribution in [0.3, 0.4) is 0 Å². The summed E-state index contributed by atoms with van der Waals surface area (Å²) in [4.78, 5) is 6.53. The number of aromatic nitrogens is 1. The molecule has 2 aromatic rings. The van der Waals surface area contributed by atoms with Crippen molar-refractivity contribution in [2.24, 2.45) is 17.8 Å². The molecular weight excluding hydrogens is 408 g/mol. The van der Waals surface area contributed by atoms with Crippen molar-refractivity contribution in [3.8, 4) is 5.75 Å². The summed E-state index contributed by atoms with van der Waals surface area (Å²) in [7, 11) is 0. The van der Waals surface area contributed by atoms with E-state index in [0.717, 1.165) is 30.3 Å². The highest BCUT2D eigenvalue weighted by Gasteiger charge is 2.48. The van der Waals surface area contributed by atoms with Crippen molar-refractivity contribution in [3.63, 3.8) is 0 Å². The standard InChI is InChI=1S/C25H34N2O5/c1-2-14-7-13-8-18-22-16(5-6-27(10-13)23(14)18)17-9-15(3-4-20(17)26-22)32-25-24(30)19(11-28)21(29)12-31-25/h3-4,9,13-14,18-19,21,23-26,28-30H,2,5-8,10-12H2,1H3. The zero-order chi connectivity index (χ0) is 22.0. The molecule has 0 spiro atoms. The SMILES string of the molecule is CCC1CC2CC3c4[nH]c5ccc(OC6OCC(O)C(CO)C6O)cc5c4CCN(C2)C13. The van der Waals surface area contributed by atoms with Crippen LogP contribution in [0.1, 0.15) is 43.4 Å². The smallest absolute Gasteiger partial charge is 0.226 e. The molecule has 1 aromatic carbocycles. The Hall–Kier alpha value is -1.64. The van der Waals surface area contributed by atoms with Crippen LogP contribution in [-0.2, 0) is 11.2 Å². The first-order valence-electron chi connectivity index (χ1n) is 12.2. The van der Waals surface area contributed by atoms with E-state index in [9.17, 15) is 15.3 Å². The third-order valence-electron chi connectivity index (χ3n) is 8.59. The predicted molar refractivity (Wildman–Crippen MR) is 120 cm³/mol. The summed E-state index contributed by atoms with van der Waals surface area (Å²) >= 11 is 0. The van der Waals surface area contributed by atoms with E-state index in [-0.39, 0.29) is 13.2 Å². The quantitative estimate of drug-likeness (QED) is 0.578. The van der Waals surface area contributed by atoms with E-state index in [4.69, 9.17) is 9.47 Å². The van der Waals surface area contributed by atoms with E-state index in [1.807, 2.05) is 6.07 Å². The summed E-state index contributed by atoms with van der Waals surface area (Å²) in [5.41, 5.74) is 3.97. The summed E-state index contributed by atoms with van der Waals surface area (Å²) in [6, 6.07) is 6.67. The van der Waals surface area contributed by atoms with Crippen molar-refractivity contribution in [3.05, 3.63) is 29.5 Å². The lowest BCUT2D eigenvalue weighted by molar-refractivity contribution is -0.229. The Kier molecular flexibility index (Phi) is 5.23. The van der Waals surface area contributed by atoms with E-state index < -0.39 is 24.4 Å². The molecule has 4 N–H and O–H groups in total. The third-order valence-corrected chi connectivity index (χ3v) is 8.59. The number of aromatic amines is 1. The maximum absolute atomic E-state index is 10.5. The molecule has 5 aliphatic rings. The van der Waals surface area contributed by atoms with Gasteiger partial charge >= 0.3 is 0 Å². The largest absolute Gasteiger partial charge is 0.462 e. The fourth-order valence-corrected chi connectivity index (χ4v) is 7.06. The number of nitrogens with zero attached hydrogens (tertiary/aromatic N) is 1. The number of H-pyrrole nitrogens is 1. The first kappa shape index (κ1) is 20.9. The number of rotatable bonds is 4. The molecule has 4 aliphatic heterocycles.